The minimum Gasteiger partial charge on any atom is -0.381 e. The highest BCUT2D eigenvalue weighted by Gasteiger charge is 2.27. The minimum absolute atomic E-state index is 0.798. The van der Waals surface area contributed by atoms with Crippen molar-refractivity contribution in [2.75, 3.05) is 0 Å². The zero-order chi connectivity index (χ0) is 14.8. The fourth-order valence-corrected chi connectivity index (χ4v) is 2.56. The van der Waals surface area contributed by atoms with Crippen LogP contribution in [-0.2, 0) is 5.60 Å². The highest BCUT2D eigenvalue weighted by atomic mass is 16.3. The normalized spacial score (nSPS) is 15.1. The molecule has 0 radical (unpaired) electrons. The van der Waals surface area contributed by atoms with Crippen LogP contribution >= 0.6 is 0 Å². The average molecular weight is 266 g/mol. The first kappa shape index (κ1) is 14.5. The summed E-state index contributed by atoms with van der Waals surface area (Å²) in [5.41, 5.74) is 1.91. The lowest BCUT2D eigenvalue weighted by Crippen LogP contribution is -2.24. The largest absolute Gasteiger partial charge is 0.381 e. The molecular weight excluding hydrogens is 244 g/mol. The monoisotopic (exact) mass is 266 g/mol. The van der Waals surface area contributed by atoms with E-state index in [0.29, 0.717) is 0 Å². The maximum Gasteiger partial charge on any atom is 0.108 e. The smallest absolute Gasteiger partial charge is 0.108 e. The van der Waals surface area contributed by atoms with Crippen molar-refractivity contribution in [2.45, 2.75) is 32.8 Å². The van der Waals surface area contributed by atoms with Crippen molar-refractivity contribution < 1.29 is 5.11 Å². The summed E-state index contributed by atoms with van der Waals surface area (Å²) in [5, 5.41) is 13.3. The molecule has 0 aliphatic heterocycles. The van der Waals surface area contributed by atoms with E-state index in [-0.39, 0.29) is 0 Å². The number of benzene rings is 2. The standard InChI is InChI=1S/C19H22O/c1-5-17(12-14(2)3)19(4,20)18-11-10-15-8-6-7-9-16(15)13-18/h6-13,20H,2,5H2,1,3-4H3/b17-12+. The Bertz CT molecular complexity index is 662. The van der Waals surface area contributed by atoms with Crippen LogP contribution < -0.4 is 0 Å². The van der Waals surface area contributed by atoms with Crippen LogP contribution in [0.4, 0.5) is 0 Å². The van der Waals surface area contributed by atoms with Gasteiger partial charge in [0.15, 0.2) is 0 Å². The quantitative estimate of drug-likeness (QED) is 0.775. The van der Waals surface area contributed by atoms with Crippen molar-refractivity contribution in [3.05, 3.63) is 71.8 Å². The van der Waals surface area contributed by atoms with Crippen LogP contribution in [0.2, 0.25) is 0 Å². The molecule has 0 heterocycles. The van der Waals surface area contributed by atoms with Gasteiger partial charge in [0.1, 0.15) is 5.60 Å². The molecule has 0 aromatic heterocycles. The summed E-state index contributed by atoms with van der Waals surface area (Å²) < 4.78 is 0. The first-order valence-corrected chi connectivity index (χ1v) is 7.03. The number of allylic oxidation sites excluding steroid dienone is 2. The van der Waals surface area contributed by atoms with Gasteiger partial charge in [-0.1, -0.05) is 61.5 Å². The van der Waals surface area contributed by atoms with Gasteiger partial charge in [0, 0.05) is 0 Å². The van der Waals surface area contributed by atoms with Gasteiger partial charge in [-0.2, -0.15) is 0 Å². The van der Waals surface area contributed by atoms with Crippen molar-refractivity contribution in [1.82, 2.24) is 0 Å². The Balaban J connectivity index is 2.52. The zero-order valence-electron chi connectivity index (χ0n) is 12.5. The summed E-state index contributed by atoms with van der Waals surface area (Å²) in [6, 6.07) is 14.3. The third-order valence-electron chi connectivity index (χ3n) is 3.74. The van der Waals surface area contributed by atoms with Gasteiger partial charge in [-0.25, -0.2) is 0 Å². The van der Waals surface area contributed by atoms with E-state index in [2.05, 4.69) is 37.8 Å². The summed E-state index contributed by atoms with van der Waals surface area (Å²) in [6.07, 6.45) is 2.78. The van der Waals surface area contributed by atoms with E-state index >= 15 is 0 Å². The molecule has 2 aromatic rings. The van der Waals surface area contributed by atoms with Crippen LogP contribution in [0.25, 0.3) is 10.8 Å². The molecule has 0 amide bonds. The molecule has 0 saturated carbocycles. The van der Waals surface area contributed by atoms with E-state index in [4.69, 9.17) is 0 Å². The van der Waals surface area contributed by atoms with Crippen LogP contribution in [0, 0.1) is 0 Å². The van der Waals surface area contributed by atoms with Gasteiger partial charge in [-0.15, -0.1) is 0 Å². The summed E-state index contributed by atoms with van der Waals surface area (Å²) in [7, 11) is 0. The first-order valence-electron chi connectivity index (χ1n) is 7.03. The predicted octanol–water partition coefficient (Wildman–Crippen LogP) is 4.96. The Labute approximate surface area is 121 Å². The van der Waals surface area contributed by atoms with E-state index in [1.54, 1.807) is 0 Å². The third-order valence-corrected chi connectivity index (χ3v) is 3.74. The van der Waals surface area contributed by atoms with E-state index in [1.807, 2.05) is 38.1 Å². The summed E-state index contributed by atoms with van der Waals surface area (Å²) in [6.45, 7) is 9.78. The molecule has 0 fully saturated rings. The molecule has 2 aromatic carbocycles. The summed E-state index contributed by atoms with van der Waals surface area (Å²) in [4.78, 5) is 0. The van der Waals surface area contributed by atoms with Gasteiger partial charge < -0.3 is 5.11 Å². The summed E-state index contributed by atoms with van der Waals surface area (Å²) in [5.74, 6) is 0. The van der Waals surface area contributed by atoms with Gasteiger partial charge in [0.05, 0.1) is 0 Å². The Kier molecular flexibility index (Phi) is 4.10. The molecule has 1 nitrogen and oxygen atoms in total. The lowest BCUT2D eigenvalue weighted by atomic mass is 9.84. The van der Waals surface area contributed by atoms with Gasteiger partial charge >= 0.3 is 0 Å². The molecule has 1 unspecified atom stereocenters. The van der Waals surface area contributed by atoms with Crippen LogP contribution in [0.15, 0.2) is 66.3 Å². The highest BCUT2D eigenvalue weighted by molar-refractivity contribution is 5.83. The zero-order valence-corrected chi connectivity index (χ0v) is 12.5. The molecule has 1 N–H and O–H groups in total. The van der Waals surface area contributed by atoms with E-state index < -0.39 is 5.60 Å². The first-order chi connectivity index (χ1) is 9.45. The van der Waals surface area contributed by atoms with Crippen molar-refractivity contribution >= 4 is 10.8 Å². The SMILES string of the molecule is C=C(C)/C=C(\CC)C(C)(O)c1ccc2ccccc2c1. The van der Waals surface area contributed by atoms with Gasteiger partial charge in [-0.05, 0) is 48.2 Å². The van der Waals surface area contributed by atoms with Gasteiger partial charge in [0.2, 0.25) is 0 Å². The average Bonchev–Trinajstić information content (AvgIpc) is 2.43. The number of rotatable bonds is 4. The van der Waals surface area contributed by atoms with Crippen LogP contribution in [-0.4, -0.2) is 5.11 Å². The fraction of sp³-hybridized carbons (Fsp3) is 0.263. The molecule has 1 atom stereocenters. The van der Waals surface area contributed by atoms with Gasteiger partial charge in [-0.3, -0.25) is 0 Å². The van der Waals surface area contributed by atoms with Crippen molar-refractivity contribution in [1.29, 1.82) is 0 Å². The lowest BCUT2D eigenvalue weighted by Gasteiger charge is -2.27. The molecule has 0 saturated heterocycles. The molecule has 1 heteroatoms. The molecule has 2 rings (SSSR count). The van der Waals surface area contributed by atoms with Crippen LogP contribution in [0.1, 0.15) is 32.8 Å². The Morgan fingerprint density at radius 1 is 1.20 bits per heavy atom. The third kappa shape index (κ3) is 2.83. The number of fused-ring (bicyclic) bond motifs is 1. The minimum atomic E-state index is -0.961. The number of aliphatic hydroxyl groups is 1. The Morgan fingerprint density at radius 2 is 1.85 bits per heavy atom. The topological polar surface area (TPSA) is 20.2 Å². The van der Waals surface area contributed by atoms with E-state index in [0.717, 1.165) is 28.5 Å². The highest BCUT2D eigenvalue weighted by Crippen LogP contribution is 2.33. The Morgan fingerprint density at radius 3 is 2.45 bits per heavy atom. The summed E-state index contributed by atoms with van der Waals surface area (Å²) >= 11 is 0. The molecule has 20 heavy (non-hydrogen) atoms. The maximum absolute atomic E-state index is 10.9. The molecule has 0 aliphatic carbocycles. The molecule has 104 valence electrons. The van der Waals surface area contributed by atoms with Crippen molar-refractivity contribution in [3.8, 4) is 0 Å². The van der Waals surface area contributed by atoms with E-state index in [9.17, 15) is 5.11 Å². The molecule has 0 bridgehead atoms. The second kappa shape index (κ2) is 5.64. The molecular formula is C19H22O. The number of hydrogen-bond acceptors (Lipinski definition) is 1. The van der Waals surface area contributed by atoms with Crippen LogP contribution in [0.5, 0.6) is 0 Å². The second-order valence-corrected chi connectivity index (χ2v) is 5.50. The van der Waals surface area contributed by atoms with Gasteiger partial charge in [0.25, 0.3) is 0 Å². The van der Waals surface area contributed by atoms with Crippen molar-refractivity contribution in [3.63, 3.8) is 0 Å². The van der Waals surface area contributed by atoms with Crippen LogP contribution in [0.3, 0.4) is 0 Å². The number of hydrogen-bond donors (Lipinski definition) is 1. The van der Waals surface area contributed by atoms with E-state index in [1.165, 1.54) is 5.39 Å². The second-order valence-electron chi connectivity index (χ2n) is 5.50. The van der Waals surface area contributed by atoms with Crippen molar-refractivity contribution in [2.24, 2.45) is 0 Å². The maximum atomic E-state index is 10.9. The predicted molar refractivity (Wildman–Crippen MR) is 86.7 cm³/mol. The fourth-order valence-electron chi connectivity index (χ4n) is 2.56. The molecule has 0 spiro atoms. The Hall–Kier alpha value is -1.86. The lowest BCUT2D eigenvalue weighted by molar-refractivity contribution is 0.0943. The molecule has 0 aliphatic rings.